The highest BCUT2D eigenvalue weighted by atomic mass is 19.1. The van der Waals surface area contributed by atoms with Crippen molar-refractivity contribution in [1.82, 2.24) is 0 Å². The number of hydrogen-bond donors (Lipinski definition) is 0. The van der Waals surface area contributed by atoms with E-state index in [1.165, 1.54) is 42.4 Å². The van der Waals surface area contributed by atoms with Crippen molar-refractivity contribution in [3.63, 3.8) is 0 Å². The van der Waals surface area contributed by atoms with Crippen molar-refractivity contribution < 1.29 is 9.13 Å². The van der Waals surface area contributed by atoms with Gasteiger partial charge in [0.2, 0.25) is 0 Å². The highest BCUT2D eigenvalue weighted by Gasteiger charge is 2.10. The highest BCUT2D eigenvalue weighted by Crippen LogP contribution is 2.30. The summed E-state index contributed by atoms with van der Waals surface area (Å²) in [5, 5.41) is 1.61. The van der Waals surface area contributed by atoms with Crippen LogP contribution in [0.25, 0.3) is 21.9 Å². The predicted octanol–water partition coefficient (Wildman–Crippen LogP) is 8.17. The summed E-state index contributed by atoms with van der Waals surface area (Å²) in [6, 6.07) is 26.5. The molecule has 0 spiro atoms. The van der Waals surface area contributed by atoms with Crippen LogP contribution in [-0.4, -0.2) is 7.11 Å². The van der Waals surface area contributed by atoms with Crippen LogP contribution in [0, 0.1) is 5.82 Å². The van der Waals surface area contributed by atoms with E-state index in [9.17, 15) is 0 Å². The molecule has 4 aromatic rings. The molecule has 4 aromatic carbocycles. The summed E-state index contributed by atoms with van der Waals surface area (Å²) in [5.41, 5.74) is 5.49. The lowest BCUT2D eigenvalue weighted by molar-refractivity contribution is 0.415. The minimum atomic E-state index is -0.169. The normalized spacial score (nSPS) is 11.1. The fraction of sp³-hybridized carbons (Fsp3) is 0.267. The molecule has 0 bridgehead atoms. The van der Waals surface area contributed by atoms with Gasteiger partial charge < -0.3 is 4.74 Å². The Kier molecular flexibility index (Phi) is 7.21. The van der Waals surface area contributed by atoms with Gasteiger partial charge in [0.1, 0.15) is 11.6 Å². The van der Waals surface area contributed by atoms with Crippen molar-refractivity contribution in [3.8, 4) is 16.9 Å². The molecule has 0 amide bonds. The van der Waals surface area contributed by atoms with Crippen LogP contribution in [0.4, 0.5) is 4.39 Å². The van der Waals surface area contributed by atoms with E-state index < -0.39 is 0 Å². The Labute approximate surface area is 190 Å². The lowest BCUT2D eigenvalue weighted by Gasteiger charge is -2.10. The summed E-state index contributed by atoms with van der Waals surface area (Å²) in [4.78, 5) is 0. The molecule has 0 saturated carbocycles. The minimum Gasteiger partial charge on any atom is -0.497 e. The lowest BCUT2D eigenvalue weighted by Crippen LogP contribution is -1.94. The van der Waals surface area contributed by atoms with Crippen molar-refractivity contribution in [3.05, 3.63) is 101 Å². The molecule has 0 atom stereocenters. The van der Waals surface area contributed by atoms with Crippen molar-refractivity contribution in [1.29, 1.82) is 0 Å². The Bertz CT molecular complexity index is 1160. The zero-order valence-electron chi connectivity index (χ0n) is 19.0. The fourth-order valence-electron chi connectivity index (χ4n) is 4.23. The van der Waals surface area contributed by atoms with Gasteiger partial charge in [-0.25, -0.2) is 4.39 Å². The number of aryl methyl sites for hydroxylation is 3. The summed E-state index contributed by atoms with van der Waals surface area (Å²) < 4.78 is 20.4. The van der Waals surface area contributed by atoms with Crippen molar-refractivity contribution in [2.45, 2.75) is 45.4 Å². The van der Waals surface area contributed by atoms with E-state index in [1.807, 2.05) is 42.5 Å². The van der Waals surface area contributed by atoms with E-state index in [0.29, 0.717) is 10.9 Å². The summed E-state index contributed by atoms with van der Waals surface area (Å²) in [5.74, 6) is 0.601. The van der Waals surface area contributed by atoms with Gasteiger partial charge in [-0.1, -0.05) is 86.5 Å². The van der Waals surface area contributed by atoms with Crippen LogP contribution in [0.3, 0.4) is 0 Å². The summed E-state index contributed by atoms with van der Waals surface area (Å²) in [6.45, 7) is 2.24. The third kappa shape index (κ3) is 5.19. The number of fused-ring (bicyclic) bond motifs is 1. The molecule has 0 aliphatic rings. The van der Waals surface area contributed by atoms with Crippen molar-refractivity contribution in [2.75, 3.05) is 7.11 Å². The molecule has 0 N–H and O–H groups in total. The Morgan fingerprint density at radius 1 is 0.688 bits per heavy atom. The number of rotatable bonds is 9. The molecule has 1 nitrogen and oxygen atoms in total. The smallest absolute Gasteiger partial charge is 0.138 e. The van der Waals surface area contributed by atoms with Gasteiger partial charge in [-0.05, 0) is 65.5 Å². The number of unbranched alkanes of at least 4 members (excludes halogenated alkanes) is 2. The maximum absolute atomic E-state index is 15.2. The van der Waals surface area contributed by atoms with Crippen LogP contribution in [0.5, 0.6) is 5.75 Å². The van der Waals surface area contributed by atoms with Crippen molar-refractivity contribution in [2.24, 2.45) is 0 Å². The second kappa shape index (κ2) is 10.5. The zero-order valence-corrected chi connectivity index (χ0v) is 19.0. The maximum atomic E-state index is 15.2. The molecular weight excluding hydrogens is 395 g/mol. The quantitative estimate of drug-likeness (QED) is 0.245. The Hall–Kier alpha value is -3.13. The minimum absolute atomic E-state index is 0.169. The molecular formula is C30H31FO. The van der Waals surface area contributed by atoms with Gasteiger partial charge in [0, 0.05) is 10.9 Å². The first kappa shape index (κ1) is 22.1. The molecule has 32 heavy (non-hydrogen) atoms. The monoisotopic (exact) mass is 426 g/mol. The molecule has 0 aliphatic heterocycles. The summed E-state index contributed by atoms with van der Waals surface area (Å²) in [6.07, 6.45) is 6.94. The fourth-order valence-corrected chi connectivity index (χ4v) is 4.23. The number of benzene rings is 4. The average Bonchev–Trinajstić information content (AvgIpc) is 2.84. The Morgan fingerprint density at radius 3 is 2.03 bits per heavy atom. The first-order valence-corrected chi connectivity index (χ1v) is 11.6. The number of hydrogen-bond acceptors (Lipinski definition) is 1. The third-order valence-corrected chi connectivity index (χ3v) is 6.21. The van der Waals surface area contributed by atoms with Crippen LogP contribution in [0.1, 0.15) is 42.9 Å². The van der Waals surface area contributed by atoms with Crippen LogP contribution in [-0.2, 0) is 19.3 Å². The maximum Gasteiger partial charge on any atom is 0.138 e. The summed E-state index contributed by atoms with van der Waals surface area (Å²) in [7, 11) is 1.63. The molecule has 0 saturated heterocycles. The van der Waals surface area contributed by atoms with Crippen LogP contribution in [0.2, 0.25) is 0 Å². The molecule has 0 aromatic heterocycles. The van der Waals surface area contributed by atoms with Crippen LogP contribution >= 0.6 is 0 Å². The third-order valence-electron chi connectivity index (χ3n) is 6.21. The van der Waals surface area contributed by atoms with Gasteiger partial charge >= 0.3 is 0 Å². The topological polar surface area (TPSA) is 9.23 Å². The SMILES string of the molecule is CCCCCc1ccc(CCc2ccc3c(F)c(-c4ccc(OC)cc4)ccc3c2)cc1. The van der Waals surface area contributed by atoms with E-state index in [0.717, 1.165) is 29.5 Å². The van der Waals surface area contributed by atoms with Crippen molar-refractivity contribution >= 4 is 10.8 Å². The van der Waals surface area contributed by atoms with Gasteiger partial charge in [-0.15, -0.1) is 0 Å². The predicted molar refractivity (Wildman–Crippen MR) is 133 cm³/mol. The molecule has 4 rings (SSSR count). The van der Waals surface area contributed by atoms with Gasteiger partial charge in [-0.3, -0.25) is 0 Å². The van der Waals surface area contributed by atoms with Gasteiger partial charge in [0.15, 0.2) is 0 Å². The zero-order chi connectivity index (χ0) is 22.3. The molecule has 2 heteroatoms. The lowest BCUT2D eigenvalue weighted by atomic mass is 9.97. The molecule has 0 unspecified atom stereocenters. The number of ether oxygens (including phenoxy) is 1. The second-order valence-electron chi connectivity index (χ2n) is 8.48. The highest BCUT2D eigenvalue weighted by molar-refractivity contribution is 5.88. The number of halogens is 1. The van der Waals surface area contributed by atoms with E-state index in [-0.39, 0.29) is 5.82 Å². The Morgan fingerprint density at radius 2 is 1.34 bits per heavy atom. The van der Waals surface area contributed by atoms with Gasteiger partial charge in [0.25, 0.3) is 0 Å². The van der Waals surface area contributed by atoms with Crippen LogP contribution in [0.15, 0.2) is 78.9 Å². The molecule has 0 heterocycles. The molecule has 164 valence electrons. The van der Waals surface area contributed by atoms with E-state index in [1.54, 1.807) is 7.11 Å². The van der Waals surface area contributed by atoms with Crippen LogP contribution < -0.4 is 4.74 Å². The van der Waals surface area contributed by atoms with E-state index >= 15 is 4.39 Å². The molecule has 0 radical (unpaired) electrons. The summed E-state index contributed by atoms with van der Waals surface area (Å²) >= 11 is 0. The molecule has 0 aliphatic carbocycles. The number of methoxy groups -OCH3 is 1. The first-order chi connectivity index (χ1) is 15.7. The Balaban J connectivity index is 1.45. The first-order valence-electron chi connectivity index (χ1n) is 11.6. The van der Waals surface area contributed by atoms with Gasteiger partial charge in [0.05, 0.1) is 7.11 Å². The van der Waals surface area contributed by atoms with E-state index in [4.69, 9.17) is 4.74 Å². The second-order valence-corrected chi connectivity index (χ2v) is 8.48. The molecule has 0 fully saturated rings. The average molecular weight is 427 g/mol. The standard InChI is InChI=1S/C30H31FO/c1-3-4-5-6-22-7-9-23(10-8-22)11-12-24-13-19-29-26(21-24)16-20-28(30(29)31)25-14-17-27(32-2)18-15-25/h7-10,13-21H,3-6,11-12H2,1-2H3. The van der Waals surface area contributed by atoms with E-state index in [2.05, 4.69) is 43.3 Å². The largest absolute Gasteiger partial charge is 0.497 e. The van der Waals surface area contributed by atoms with Gasteiger partial charge in [-0.2, -0.15) is 0 Å².